The van der Waals surface area contributed by atoms with Gasteiger partial charge in [0.25, 0.3) is 0 Å². The van der Waals surface area contributed by atoms with Gasteiger partial charge in [-0.25, -0.2) is 0 Å². The van der Waals surface area contributed by atoms with Crippen molar-refractivity contribution in [3.8, 4) is 0 Å². The molecule has 0 aromatic heterocycles. The van der Waals surface area contributed by atoms with E-state index >= 15 is 0 Å². The van der Waals surface area contributed by atoms with E-state index in [1.54, 1.807) is 0 Å². The first kappa shape index (κ1) is 16.6. The first-order valence-corrected chi connectivity index (χ1v) is 9.80. The molecule has 2 aliphatic heterocycles. The van der Waals surface area contributed by atoms with Crippen molar-refractivity contribution in [2.75, 3.05) is 26.2 Å². The maximum absolute atomic E-state index is 12.6. The molecular weight excluding hydrogens is 308 g/mol. The van der Waals surface area contributed by atoms with Crippen molar-refractivity contribution in [3.63, 3.8) is 0 Å². The van der Waals surface area contributed by atoms with Crippen LogP contribution >= 0.6 is 0 Å². The number of benzene rings is 2. The molecule has 0 unspecified atom stereocenters. The SMILES string of the molecule is O=C(CN1CCC[C@@H]1Cc1cccc2ccccc12)N1CCCCC1. The smallest absolute Gasteiger partial charge is 0.236 e. The molecule has 2 aromatic carbocycles. The van der Waals surface area contributed by atoms with E-state index in [2.05, 4.69) is 52.3 Å². The number of carbonyl (C=O) groups excluding carboxylic acids is 1. The van der Waals surface area contributed by atoms with Gasteiger partial charge in [0, 0.05) is 19.1 Å². The second kappa shape index (κ2) is 7.57. The van der Waals surface area contributed by atoms with Crippen LogP contribution in [0.1, 0.15) is 37.7 Å². The second-order valence-electron chi connectivity index (χ2n) is 7.55. The first-order chi connectivity index (χ1) is 12.3. The van der Waals surface area contributed by atoms with Crippen LogP contribution in [0.5, 0.6) is 0 Å². The fourth-order valence-corrected chi connectivity index (χ4v) is 4.48. The van der Waals surface area contributed by atoms with E-state index in [0.29, 0.717) is 18.5 Å². The fourth-order valence-electron chi connectivity index (χ4n) is 4.48. The molecule has 0 radical (unpaired) electrons. The highest BCUT2D eigenvalue weighted by molar-refractivity contribution is 5.85. The number of hydrogen-bond donors (Lipinski definition) is 0. The molecule has 2 aromatic rings. The van der Waals surface area contributed by atoms with Crippen molar-refractivity contribution < 1.29 is 4.79 Å². The van der Waals surface area contributed by atoms with Gasteiger partial charge in [-0.2, -0.15) is 0 Å². The van der Waals surface area contributed by atoms with Gasteiger partial charge in [-0.05, 0) is 61.4 Å². The molecule has 0 aliphatic carbocycles. The summed E-state index contributed by atoms with van der Waals surface area (Å²) < 4.78 is 0. The summed E-state index contributed by atoms with van der Waals surface area (Å²) in [5.74, 6) is 0.338. The molecular formula is C22H28N2O. The lowest BCUT2D eigenvalue weighted by Gasteiger charge is -2.31. The van der Waals surface area contributed by atoms with E-state index in [0.717, 1.165) is 26.1 Å². The van der Waals surface area contributed by atoms with E-state index in [1.807, 2.05) is 0 Å². The summed E-state index contributed by atoms with van der Waals surface area (Å²) in [5.41, 5.74) is 1.42. The second-order valence-corrected chi connectivity index (χ2v) is 7.55. The van der Waals surface area contributed by atoms with Crippen LogP contribution < -0.4 is 0 Å². The Morgan fingerprint density at radius 2 is 1.72 bits per heavy atom. The van der Waals surface area contributed by atoms with Crippen molar-refractivity contribution in [1.29, 1.82) is 0 Å². The fraction of sp³-hybridized carbons (Fsp3) is 0.500. The Morgan fingerprint density at radius 1 is 0.920 bits per heavy atom. The average molecular weight is 336 g/mol. The third-order valence-electron chi connectivity index (χ3n) is 5.88. The van der Waals surface area contributed by atoms with Gasteiger partial charge in [0.15, 0.2) is 0 Å². The molecule has 0 saturated carbocycles. The van der Waals surface area contributed by atoms with Crippen LogP contribution in [-0.2, 0) is 11.2 Å². The minimum atomic E-state index is 0.338. The summed E-state index contributed by atoms with van der Waals surface area (Å²) in [6, 6.07) is 15.7. The highest BCUT2D eigenvalue weighted by Crippen LogP contribution is 2.26. The Morgan fingerprint density at radius 3 is 2.60 bits per heavy atom. The van der Waals surface area contributed by atoms with E-state index in [1.165, 1.54) is 48.4 Å². The Labute approximate surface area is 150 Å². The minimum Gasteiger partial charge on any atom is -0.342 e. The maximum Gasteiger partial charge on any atom is 0.236 e. The summed E-state index contributed by atoms with van der Waals surface area (Å²) in [4.78, 5) is 17.2. The minimum absolute atomic E-state index is 0.338. The van der Waals surface area contributed by atoms with Crippen molar-refractivity contribution in [1.82, 2.24) is 9.80 Å². The maximum atomic E-state index is 12.6. The molecule has 0 N–H and O–H groups in total. The largest absolute Gasteiger partial charge is 0.342 e. The highest BCUT2D eigenvalue weighted by atomic mass is 16.2. The van der Waals surface area contributed by atoms with Crippen LogP contribution in [0.25, 0.3) is 10.8 Å². The monoisotopic (exact) mass is 336 g/mol. The summed E-state index contributed by atoms with van der Waals surface area (Å²) in [6.07, 6.45) is 7.08. The molecule has 2 aliphatic rings. The van der Waals surface area contributed by atoms with Gasteiger partial charge in [0.2, 0.25) is 5.91 Å². The number of likely N-dealkylation sites (tertiary alicyclic amines) is 2. The van der Waals surface area contributed by atoms with Gasteiger partial charge in [-0.15, -0.1) is 0 Å². The van der Waals surface area contributed by atoms with E-state index in [-0.39, 0.29) is 0 Å². The van der Waals surface area contributed by atoms with E-state index in [4.69, 9.17) is 0 Å². The van der Waals surface area contributed by atoms with Gasteiger partial charge in [-0.1, -0.05) is 42.5 Å². The number of fused-ring (bicyclic) bond motifs is 1. The first-order valence-electron chi connectivity index (χ1n) is 9.80. The third kappa shape index (κ3) is 3.72. The lowest BCUT2D eigenvalue weighted by atomic mass is 9.97. The number of carbonyl (C=O) groups is 1. The molecule has 3 heteroatoms. The zero-order chi connectivity index (χ0) is 17.1. The molecule has 132 valence electrons. The van der Waals surface area contributed by atoms with Crippen molar-refractivity contribution in [3.05, 3.63) is 48.0 Å². The molecule has 2 heterocycles. The summed E-state index contributed by atoms with van der Waals surface area (Å²) in [5, 5.41) is 2.67. The standard InChI is InChI=1S/C22H28N2O/c25-22(23-13-4-1-5-14-23)17-24-15-7-11-20(24)16-19-10-6-9-18-8-2-3-12-21(18)19/h2-3,6,8-10,12,20H,1,4-5,7,11,13-17H2/t20-/m1/s1. The van der Waals surface area contributed by atoms with Gasteiger partial charge in [-0.3, -0.25) is 9.69 Å². The number of nitrogens with zero attached hydrogens (tertiary/aromatic N) is 2. The van der Waals surface area contributed by atoms with Gasteiger partial charge >= 0.3 is 0 Å². The van der Waals surface area contributed by atoms with E-state index < -0.39 is 0 Å². The van der Waals surface area contributed by atoms with E-state index in [9.17, 15) is 4.79 Å². The number of rotatable bonds is 4. The van der Waals surface area contributed by atoms with Crippen molar-refractivity contribution in [2.24, 2.45) is 0 Å². The Hall–Kier alpha value is -1.87. The van der Waals surface area contributed by atoms with Crippen molar-refractivity contribution >= 4 is 16.7 Å². The lowest BCUT2D eigenvalue weighted by Crippen LogP contribution is -2.44. The number of hydrogen-bond acceptors (Lipinski definition) is 2. The highest BCUT2D eigenvalue weighted by Gasteiger charge is 2.28. The third-order valence-corrected chi connectivity index (χ3v) is 5.88. The lowest BCUT2D eigenvalue weighted by molar-refractivity contribution is -0.133. The molecule has 1 amide bonds. The van der Waals surface area contributed by atoms with Crippen LogP contribution in [0.15, 0.2) is 42.5 Å². The molecule has 0 spiro atoms. The van der Waals surface area contributed by atoms with Crippen LogP contribution in [-0.4, -0.2) is 47.9 Å². The normalized spacial score (nSPS) is 21.8. The molecule has 2 fully saturated rings. The molecule has 4 rings (SSSR count). The zero-order valence-corrected chi connectivity index (χ0v) is 15.0. The quantitative estimate of drug-likeness (QED) is 0.846. The predicted molar refractivity (Wildman–Crippen MR) is 103 cm³/mol. The molecule has 1 atom stereocenters. The van der Waals surface area contributed by atoms with Crippen molar-refractivity contribution in [2.45, 2.75) is 44.6 Å². The Kier molecular flexibility index (Phi) is 5.02. The van der Waals surface area contributed by atoms with Gasteiger partial charge in [0.1, 0.15) is 0 Å². The summed E-state index contributed by atoms with van der Waals surface area (Å²) >= 11 is 0. The van der Waals surface area contributed by atoms with Crippen LogP contribution in [0.2, 0.25) is 0 Å². The molecule has 25 heavy (non-hydrogen) atoms. The molecule has 0 bridgehead atoms. The summed E-state index contributed by atoms with van der Waals surface area (Å²) in [7, 11) is 0. The molecule has 3 nitrogen and oxygen atoms in total. The van der Waals surface area contributed by atoms with Gasteiger partial charge in [0.05, 0.1) is 6.54 Å². The Bertz CT molecular complexity index is 730. The summed E-state index contributed by atoms with van der Waals surface area (Å²) in [6.45, 7) is 3.59. The molecule has 2 saturated heterocycles. The predicted octanol–water partition coefficient (Wildman–Crippen LogP) is 3.86. The zero-order valence-electron chi connectivity index (χ0n) is 15.0. The van der Waals surface area contributed by atoms with Gasteiger partial charge < -0.3 is 4.90 Å². The van der Waals surface area contributed by atoms with Crippen LogP contribution in [0.3, 0.4) is 0 Å². The number of amides is 1. The topological polar surface area (TPSA) is 23.6 Å². The van der Waals surface area contributed by atoms with Crippen LogP contribution in [0, 0.1) is 0 Å². The Balaban J connectivity index is 1.45. The van der Waals surface area contributed by atoms with Crippen LogP contribution in [0.4, 0.5) is 0 Å². The number of piperidine rings is 1. The average Bonchev–Trinajstić information content (AvgIpc) is 3.09.